The van der Waals surface area contributed by atoms with Crippen LogP contribution in [0.15, 0.2) is 35.4 Å². The van der Waals surface area contributed by atoms with Crippen molar-refractivity contribution in [3.05, 3.63) is 46.5 Å². The molecule has 4 bridgehead atoms. The zero-order valence-electron chi connectivity index (χ0n) is 34.1. The maximum atomic E-state index is 13.4. The lowest BCUT2D eigenvalue weighted by molar-refractivity contribution is -0.125. The fourth-order valence-corrected chi connectivity index (χ4v) is 12.3. The first-order valence-electron chi connectivity index (χ1n) is 19.7. The summed E-state index contributed by atoms with van der Waals surface area (Å²) >= 11 is 0. The summed E-state index contributed by atoms with van der Waals surface area (Å²) in [5.74, 6) is -1.80. The molecule has 330 valence electrons. The van der Waals surface area contributed by atoms with Gasteiger partial charge in [0, 0.05) is 50.4 Å². The molecule has 8 N–H and O–H groups in total. The standard InChI is InChI=1S/C28H34O8S2.2C6H15NO3/c1-25(2)21-9-11-27(25,15-37(31,32)33)23(29)19(21)13-17-5-7-18(8-6-17)14-20-22-10-12-28(24(20)30,26(22,3)4)16-38(34,35)36;2*8-4-1-7(2-5-9)3-6-10/h5-8,13-14,21-22H,9-12,15-16H2,1-4H3,(H,31,32,33)(H,34,35,36);2*8-10H,1-6H2/b19-13-,20-14-;;. The number of hydrogen-bond acceptors (Lipinski definition) is 14. The van der Waals surface area contributed by atoms with Crippen molar-refractivity contribution in [2.24, 2.45) is 33.5 Å². The Labute approximate surface area is 342 Å². The molecule has 5 rings (SSSR count). The number of hydrogen-bond donors (Lipinski definition) is 8. The number of fused-ring (bicyclic) bond motifs is 4. The van der Waals surface area contributed by atoms with E-state index in [-0.39, 0.29) is 63.0 Å². The summed E-state index contributed by atoms with van der Waals surface area (Å²) in [6, 6.07) is 7.33. The van der Waals surface area contributed by atoms with Gasteiger partial charge in [-0.2, -0.15) is 16.8 Å². The van der Waals surface area contributed by atoms with Crippen LogP contribution < -0.4 is 0 Å². The van der Waals surface area contributed by atoms with Gasteiger partial charge in [0.15, 0.2) is 11.6 Å². The zero-order chi connectivity index (χ0) is 43.7. The number of aliphatic hydroxyl groups is 6. The molecular weight excluding hydrogens is 797 g/mol. The highest BCUT2D eigenvalue weighted by molar-refractivity contribution is 7.86. The molecule has 0 radical (unpaired) electrons. The Kier molecular flexibility index (Phi) is 17.6. The molecular formula is C40H64N2O14S2. The Morgan fingerprint density at radius 1 is 0.552 bits per heavy atom. The van der Waals surface area contributed by atoms with Gasteiger partial charge in [0.05, 0.1) is 62.0 Å². The Balaban J connectivity index is 0.000000371. The SMILES string of the molecule is CC1(C)C2CCC1(CS(=O)(=O)O)C(=O)/C2=C\c1ccc(/C=C2\C(=O)C3(CS(=O)(=O)O)CCC2C3(C)C)cc1.OCCN(CCO)CCO.OCCN(CCO)CCO. The molecule has 0 amide bonds. The van der Waals surface area contributed by atoms with Gasteiger partial charge in [-0.15, -0.1) is 0 Å². The largest absolute Gasteiger partial charge is 0.395 e. The van der Waals surface area contributed by atoms with E-state index in [2.05, 4.69) is 0 Å². The molecule has 4 saturated carbocycles. The molecule has 4 aliphatic rings. The maximum Gasteiger partial charge on any atom is 0.265 e. The molecule has 0 saturated heterocycles. The van der Waals surface area contributed by atoms with Gasteiger partial charge in [0.25, 0.3) is 20.2 Å². The van der Waals surface area contributed by atoms with E-state index < -0.39 is 53.4 Å². The third-order valence-corrected chi connectivity index (χ3v) is 14.7. The number of carbonyl (C=O) groups is 2. The van der Waals surface area contributed by atoms with Gasteiger partial charge >= 0.3 is 0 Å². The van der Waals surface area contributed by atoms with Crippen molar-refractivity contribution in [3.63, 3.8) is 0 Å². The average molecular weight is 861 g/mol. The minimum Gasteiger partial charge on any atom is -0.395 e. The average Bonchev–Trinajstić information content (AvgIpc) is 3.63. The third kappa shape index (κ3) is 11.1. The monoisotopic (exact) mass is 860 g/mol. The normalized spacial score (nSPS) is 27.1. The van der Waals surface area contributed by atoms with E-state index in [4.69, 9.17) is 30.6 Å². The lowest BCUT2D eigenvalue weighted by Crippen LogP contribution is -2.42. The molecule has 0 aromatic heterocycles. The van der Waals surface area contributed by atoms with E-state index in [1.165, 1.54) is 0 Å². The zero-order valence-corrected chi connectivity index (χ0v) is 35.7. The fourth-order valence-electron chi connectivity index (χ4n) is 9.75. The van der Waals surface area contributed by atoms with Gasteiger partial charge < -0.3 is 30.6 Å². The van der Waals surface area contributed by atoms with Gasteiger partial charge in [0.1, 0.15) is 0 Å². The number of aliphatic hydroxyl groups excluding tert-OH is 6. The van der Waals surface area contributed by atoms with Gasteiger partial charge in [0.2, 0.25) is 0 Å². The lowest BCUT2D eigenvalue weighted by atomic mass is 9.70. The summed E-state index contributed by atoms with van der Waals surface area (Å²) in [5, 5.41) is 50.9. The minimum absolute atomic E-state index is 0.0694. The number of Topliss-reactive ketones (excluding diaryl/α,β-unsaturated/α-hetero) is 2. The molecule has 1 aromatic rings. The van der Waals surface area contributed by atoms with Crippen LogP contribution in [0.4, 0.5) is 0 Å². The third-order valence-electron chi connectivity index (χ3n) is 13.0. The highest BCUT2D eigenvalue weighted by atomic mass is 32.2. The summed E-state index contributed by atoms with van der Waals surface area (Å²) in [6.07, 6.45) is 5.80. The van der Waals surface area contributed by atoms with Crippen LogP contribution in [0.2, 0.25) is 0 Å². The molecule has 0 aliphatic heterocycles. The minimum atomic E-state index is -4.33. The Bertz CT molecular complexity index is 1680. The summed E-state index contributed by atoms with van der Waals surface area (Å²) in [4.78, 5) is 30.4. The quantitative estimate of drug-likeness (QED) is 0.0748. The molecule has 0 spiro atoms. The van der Waals surface area contributed by atoms with Crippen molar-refractivity contribution >= 4 is 44.0 Å². The molecule has 16 nitrogen and oxygen atoms in total. The van der Waals surface area contributed by atoms with E-state index in [1.807, 2.05) is 52.0 Å². The van der Waals surface area contributed by atoms with Crippen LogP contribution in [0.1, 0.15) is 64.5 Å². The number of ketones is 2. The van der Waals surface area contributed by atoms with Crippen LogP contribution in [0.5, 0.6) is 0 Å². The molecule has 58 heavy (non-hydrogen) atoms. The molecule has 4 fully saturated rings. The maximum absolute atomic E-state index is 13.4. The Morgan fingerprint density at radius 2 is 0.810 bits per heavy atom. The van der Waals surface area contributed by atoms with E-state index >= 15 is 0 Å². The smallest absolute Gasteiger partial charge is 0.265 e. The second-order valence-corrected chi connectivity index (χ2v) is 19.7. The first-order valence-corrected chi connectivity index (χ1v) is 22.9. The van der Waals surface area contributed by atoms with Crippen LogP contribution in [-0.2, 0) is 29.8 Å². The van der Waals surface area contributed by atoms with E-state index in [9.17, 15) is 35.5 Å². The molecule has 18 heteroatoms. The highest BCUT2D eigenvalue weighted by Crippen LogP contribution is 2.67. The molecule has 1 aromatic carbocycles. The van der Waals surface area contributed by atoms with Gasteiger partial charge in [-0.1, -0.05) is 52.0 Å². The summed E-state index contributed by atoms with van der Waals surface area (Å²) < 4.78 is 66.1. The van der Waals surface area contributed by atoms with Crippen LogP contribution >= 0.6 is 0 Å². The van der Waals surface area contributed by atoms with Gasteiger partial charge in [-0.25, -0.2) is 0 Å². The van der Waals surface area contributed by atoms with Gasteiger partial charge in [-0.3, -0.25) is 28.5 Å². The Morgan fingerprint density at radius 3 is 1.03 bits per heavy atom. The topological polar surface area (TPSA) is 271 Å². The van der Waals surface area contributed by atoms with Crippen molar-refractivity contribution in [3.8, 4) is 0 Å². The second kappa shape index (κ2) is 20.4. The van der Waals surface area contributed by atoms with Crippen molar-refractivity contribution in [2.45, 2.75) is 53.4 Å². The second-order valence-electron chi connectivity index (χ2n) is 16.8. The molecule has 4 unspecified atom stereocenters. The first kappa shape index (κ1) is 49.9. The van der Waals surface area contributed by atoms with Crippen LogP contribution in [0.3, 0.4) is 0 Å². The van der Waals surface area contributed by atoms with Crippen LogP contribution in [0.25, 0.3) is 12.2 Å². The summed E-state index contributed by atoms with van der Waals surface area (Å²) in [6.45, 7) is 11.1. The summed E-state index contributed by atoms with van der Waals surface area (Å²) in [5.41, 5.74) is -0.762. The predicted molar refractivity (Wildman–Crippen MR) is 219 cm³/mol. The van der Waals surface area contributed by atoms with E-state index in [0.29, 0.717) is 76.1 Å². The molecule has 0 heterocycles. The summed E-state index contributed by atoms with van der Waals surface area (Å²) in [7, 11) is -8.66. The number of carbonyl (C=O) groups excluding carboxylic acids is 2. The first-order chi connectivity index (χ1) is 27.0. The Hall–Kier alpha value is -2.46. The lowest BCUT2D eigenvalue weighted by Gasteiger charge is -2.34. The van der Waals surface area contributed by atoms with Crippen molar-refractivity contribution in [1.82, 2.24) is 9.80 Å². The van der Waals surface area contributed by atoms with Crippen molar-refractivity contribution in [2.75, 3.05) is 90.4 Å². The number of benzene rings is 1. The molecule has 4 atom stereocenters. The van der Waals surface area contributed by atoms with Crippen molar-refractivity contribution in [1.29, 1.82) is 0 Å². The van der Waals surface area contributed by atoms with E-state index in [0.717, 1.165) is 11.1 Å². The number of nitrogens with zero attached hydrogens (tertiary/aromatic N) is 2. The van der Waals surface area contributed by atoms with Gasteiger partial charge in [-0.05, 0) is 71.6 Å². The fraction of sp³-hybridized carbons (Fsp3) is 0.700. The van der Waals surface area contributed by atoms with Crippen LogP contribution in [0, 0.1) is 33.5 Å². The number of allylic oxidation sites excluding steroid dienone is 2. The molecule has 4 aliphatic carbocycles. The van der Waals surface area contributed by atoms with Crippen molar-refractivity contribution < 1.29 is 66.2 Å². The van der Waals surface area contributed by atoms with E-state index in [1.54, 1.807) is 22.0 Å². The highest BCUT2D eigenvalue weighted by Gasteiger charge is 2.68. The van der Waals surface area contributed by atoms with Crippen LogP contribution in [-0.4, -0.2) is 168 Å². The predicted octanol–water partition coefficient (Wildman–Crippen LogP) is 0.770. The number of rotatable bonds is 18.